The monoisotopic (exact) mass is 452 g/mol. The molecule has 0 aromatic heterocycles. The number of para-hydroxylation sites is 1. The third-order valence-electron chi connectivity index (χ3n) is 6.82. The van der Waals surface area contributed by atoms with Gasteiger partial charge in [0, 0.05) is 19.4 Å². The van der Waals surface area contributed by atoms with Crippen LogP contribution in [0.15, 0.2) is 71.7 Å². The summed E-state index contributed by atoms with van der Waals surface area (Å²) in [6.45, 7) is 0.571. The molecule has 7 heteroatoms. The standard InChI is InChI=1S/C27H24N4O3/c1-31-26(29)30-27(34-31)14-25(21-12-20-6-2-3-8-23(20)32-16-21)33-24-10-9-19(13-22(24)27)18-7-4-5-17(11-18)15-28/h2-11,13,21,25H,12,14,16H2,1H3,(H2,29,30). The molecule has 0 bridgehead atoms. The van der Waals surface area contributed by atoms with E-state index in [1.165, 1.54) is 10.6 Å². The smallest absolute Gasteiger partial charge is 0.221 e. The maximum atomic E-state index is 9.30. The minimum Gasteiger partial charge on any atom is -0.493 e. The van der Waals surface area contributed by atoms with Gasteiger partial charge in [-0.2, -0.15) is 5.26 Å². The van der Waals surface area contributed by atoms with E-state index in [1.54, 1.807) is 13.1 Å². The first-order chi connectivity index (χ1) is 16.5. The Labute approximate surface area is 197 Å². The minimum absolute atomic E-state index is 0.151. The second kappa shape index (κ2) is 7.79. The van der Waals surface area contributed by atoms with E-state index in [1.807, 2.05) is 54.6 Å². The lowest BCUT2D eigenvalue weighted by molar-refractivity contribution is -0.195. The average Bonchev–Trinajstić information content (AvgIpc) is 3.16. The Balaban J connectivity index is 1.39. The van der Waals surface area contributed by atoms with Crippen molar-refractivity contribution in [1.29, 1.82) is 5.26 Å². The average molecular weight is 453 g/mol. The van der Waals surface area contributed by atoms with Crippen LogP contribution in [0.3, 0.4) is 0 Å². The first-order valence-corrected chi connectivity index (χ1v) is 11.4. The van der Waals surface area contributed by atoms with Gasteiger partial charge in [-0.25, -0.2) is 14.9 Å². The molecule has 3 aromatic rings. The van der Waals surface area contributed by atoms with Crippen LogP contribution >= 0.6 is 0 Å². The molecular weight excluding hydrogens is 428 g/mol. The predicted molar refractivity (Wildman–Crippen MR) is 127 cm³/mol. The molecule has 0 saturated heterocycles. The van der Waals surface area contributed by atoms with Crippen molar-refractivity contribution in [3.63, 3.8) is 0 Å². The molecule has 3 aliphatic rings. The molecule has 3 atom stereocenters. The van der Waals surface area contributed by atoms with Crippen LogP contribution < -0.4 is 15.2 Å². The van der Waals surface area contributed by atoms with Gasteiger partial charge in [-0.3, -0.25) is 0 Å². The second-order valence-electron chi connectivity index (χ2n) is 8.99. The number of nitrogens with two attached hydrogens (primary N) is 1. The van der Waals surface area contributed by atoms with E-state index < -0.39 is 5.72 Å². The summed E-state index contributed by atoms with van der Waals surface area (Å²) >= 11 is 0. The number of ether oxygens (including phenoxy) is 2. The van der Waals surface area contributed by atoms with Crippen molar-refractivity contribution < 1.29 is 14.3 Å². The lowest BCUT2D eigenvalue weighted by atomic mass is 9.83. The summed E-state index contributed by atoms with van der Waals surface area (Å²) in [6, 6.07) is 23.9. The lowest BCUT2D eigenvalue weighted by Gasteiger charge is -2.41. The summed E-state index contributed by atoms with van der Waals surface area (Å²) in [6.07, 6.45) is 1.22. The Bertz CT molecular complexity index is 1350. The fourth-order valence-corrected chi connectivity index (χ4v) is 5.07. The summed E-state index contributed by atoms with van der Waals surface area (Å²) in [5.74, 6) is 2.14. The van der Waals surface area contributed by atoms with E-state index in [0.29, 0.717) is 24.6 Å². The summed E-state index contributed by atoms with van der Waals surface area (Å²) in [5.41, 5.74) is 9.71. The molecule has 3 unspecified atom stereocenters. The van der Waals surface area contributed by atoms with Gasteiger partial charge < -0.3 is 15.2 Å². The Morgan fingerprint density at radius 3 is 2.74 bits per heavy atom. The maximum absolute atomic E-state index is 9.30. The van der Waals surface area contributed by atoms with Gasteiger partial charge in [0.2, 0.25) is 11.7 Å². The number of rotatable bonds is 2. The van der Waals surface area contributed by atoms with Crippen molar-refractivity contribution in [2.75, 3.05) is 13.7 Å². The molecule has 1 spiro atoms. The molecule has 6 rings (SSSR count). The highest BCUT2D eigenvalue weighted by Gasteiger charge is 2.50. The maximum Gasteiger partial charge on any atom is 0.221 e. The summed E-state index contributed by atoms with van der Waals surface area (Å²) in [7, 11) is 1.76. The number of benzene rings is 3. The summed E-state index contributed by atoms with van der Waals surface area (Å²) < 4.78 is 12.6. The molecular formula is C27H24N4O3. The third-order valence-corrected chi connectivity index (χ3v) is 6.82. The fourth-order valence-electron chi connectivity index (χ4n) is 5.07. The lowest BCUT2D eigenvalue weighted by Crippen LogP contribution is -2.45. The number of guanidine groups is 1. The van der Waals surface area contributed by atoms with E-state index in [2.05, 4.69) is 12.1 Å². The molecule has 3 heterocycles. The van der Waals surface area contributed by atoms with Gasteiger partial charge in [0.15, 0.2) is 0 Å². The van der Waals surface area contributed by atoms with Gasteiger partial charge in [0.1, 0.15) is 17.6 Å². The van der Waals surface area contributed by atoms with Crippen molar-refractivity contribution in [2.45, 2.75) is 24.7 Å². The van der Waals surface area contributed by atoms with E-state index in [9.17, 15) is 5.26 Å². The molecule has 7 nitrogen and oxygen atoms in total. The number of hydrogen-bond donors (Lipinski definition) is 1. The van der Waals surface area contributed by atoms with Crippen LogP contribution in [0.25, 0.3) is 11.1 Å². The molecule has 34 heavy (non-hydrogen) atoms. The SMILES string of the molecule is CN1OC2(CC(C3COc4ccccc4C3)Oc3ccc(-c4cccc(C#N)c4)cc32)N=C1N. The quantitative estimate of drug-likeness (QED) is 0.632. The topological polar surface area (TPSA) is 93.1 Å². The third kappa shape index (κ3) is 3.35. The number of nitriles is 1. The van der Waals surface area contributed by atoms with E-state index in [0.717, 1.165) is 34.6 Å². The normalized spacial score (nSPS) is 24.9. The predicted octanol–water partition coefficient (Wildman–Crippen LogP) is 3.97. The molecule has 2 N–H and O–H groups in total. The van der Waals surface area contributed by atoms with Crippen LogP contribution in [0, 0.1) is 17.2 Å². The highest BCUT2D eigenvalue weighted by atomic mass is 16.7. The van der Waals surface area contributed by atoms with E-state index in [4.69, 9.17) is 25.0 Å². The molecule has 170 valence electrons. The van der Waals surface area contributed by atoms with Crippen molar-refractivity contribution in [2.24, 2.45) is 16.6 Å². The zero-order chi connectivity index (χ0) is 23.3. The Morgan fingerprint density at radius 1 is 1.06 bits per heavy atom. The molecule has 3 aliphatic heterocycles. The molecule has 0 fully saturated rings. The number of nitrogens with zero attached hydrogens (tertiary/aromatic N) is 3. The Morgan fingerprint density at radius 2 is 1.91 bits per heavy atom. The van der Waals surface area contributed by atoms with Gasteiger partial charge in [0.05, 0.1) is 23.8 Å². The molecule has 0 radical (unpaired) electrons. The molecule has 0 aliphatic carbocycles. The highest BCUT2D eigenvalue weighted by Crippen LogP contribution is 2.49. The van der Waals surface area contributed by atoms with Crippen molar-refractivity contribution in [3.05, 3.63) is 83.4 Å². The number of hydrogen-bond acceptors (Lipinski definition) is 7. The highest BCUT2D eigenvalue weighted by molar-refractivity contribution is 5.79. The van der Waals surface area contributed by atoms with Crippen LogP contribution in [0.4, 0.5) is 0 Å². The van der Waals surface area contributed by atoms with Gasteiger partial charge >= 0.3 is 0 Å². The molecule has 3 aromatic carbocycles. The second-order valence-corrected chi connectivity index (χ2v) is 8.99. The van der Waals surface area contributed by atoms with Gasteiger partial charge in [-0.05, 0) is 53.4 Å². The Kier molecular flexibility index (Phi) is 4.71. The van der Waals surface area contributed by atoms with Crippen LogP contribution in [0.1, 0.15) is 23.1 Å². The Hall–Kier alpha value is -4.02. The van der Waals surface area contributed by atoms with Gasteiger partial charge in [0.25, 0.3) is 0 Å². The van der Waals surface area contributed by atoms with Crippen LogP contribution in [0.2, 0.25) is 0 Å². The number of hydroxylamine groups is 2. The zero-order valence-electron chi connectivity index (χ0n) is 18.8. The van der Waals surface area contributed by atoms with Crippen LogP contribution in [-0.2, 0) is 17.0 Å². The van der Waals surface area contributed by atoms with Gasteiger partial charge in [-0.15, -0.1) is 0 Å². The van der Waals surface area contributed by atoms with Crippen molar-refractivity contribution in [3.8, 4) is 28.7 Å². The van der Waals surface area contributed by atoms with Crippen LogP contribution in [0.5, 0.6) is 11.5 Å². The number of aliphatic imine (C=N–C) groups is 1. The van der Waals surface area contributed by atoms with E-state index in [-0.39, 0.29) is 12.0 Å². The largest absolute Gasteiger partial charge is 0.493 e. The van der Waals surface area contributed by atoms with E-state index >= 15 is 0 Å². The van der Waals surface area contributed by atoms with Crippen LogP contribution in [-0.4, -0.2) is 30.8 Å². The zero-order valence-corrected chi connectivity index (χ0v) is 18.8. The number of fused-ring (bicyclic) bond motifs is 3. The summed E-state index contributed by atoms with van der Waals surface area (Å²) in [5, 5.41) is 10.8. The van der Waals surface area contributed by atoms with Crippen molar-refractivity contribution >= 4 is 5.96 Å². The summed E-state index contributed by atoms with van der Waals surface area (Å²) in [4.78, 5) is 11.1. The molecule has 0 saturated carbocycles. The van der Waals surface area contributed by atoms with Crippen molar-refractivity contribution in [1.82, 2.24) is 5.06 Å². The van der Waals surface area contributed by atoms with Gasteiger partial charge in [-0.1, -0.05) is 36.4 Å². The molecule has 0 amide bonds. The first kappa shape index (κ1) is 20.6. The minimum atomic E-state index is -0.975. The fraction of sp³-hybridized carbons (Fsp3) is 0.259. The first-order valence-electron chi connectivity index (χ1n) is 11.4.